The molecule has 2 N–H and O–H groups in total. The molecule has 1 amide bonds. The maximum atomic E-state index is 11.9. The van der Waals surface area contributed by atoms with Crippen molar-refractivity contribution < 1.29 is 9.53 Å². The zero-order valence-electron chi connectivity index (χ0n) is 18.1. The Hall–Kier alpha value is -1.35. The van der Waals surface area contributed by atoms with Gasteiger partial charge in [-0.25, -0.2) is 4.99 Å². The first kappa shape index (κ1) is 25.7. The van der Waals surface area contributed by atoms with Gasteiger partial charge in [0.15, 0.2) is 5.96 Å². The average molecular weight is 516 g/mol. The number of likely N-dealkylation sites (tertiary alicyclic amines) is 1. The molecule has 0 unspecified atom stereocenters. The van der Waals surface area contributed by atoms with Gasteiger partial charge in [-0.2, -0.15) is 0 Å². The smallest absolute Gasteiger partial charge is 0.222 e. The molecule has 0 saturated carbocycles. The molecule has 1 aromatic rings. The second-order valence-corrected chi connectivity index (χ2v) is 7.63. The number of nitrogens with one attached hydrogen (secondary N) is 2. The topological polar surface area (TPSA) is 66.0 Å². The lowest BCUT2D eigenvalue weighted by Crippen LogP contribution is -2.38. The Morgan fingerprint density at radius 1 is 1.24 bits per heavy atom. The number of hydrogen-bond acceptors (Lipinski definition) is 3. The molecule has 0 spiro atoms. The van der Waals surface area contributed by atoms with E-state index < -0.39 is 0 Å². The third-order valence-electron chi connectivity index (χ3n) is 4.61. The van der Waals surface area contributed by atoms with Crippen LogP contribution in [0.3, 0.4) is 0 Å². The van der Waals surface area contributed by atoms with Gasteiger partial charge >= 0.3 is 0 Å². The summed E-state index contributed by atoms with van der Waals surface area (Å²) < 4.78 is 5.62. The molecule has 1 fully saturated rings. The van der Waals surface area contributed by atoms with Crippen LogP contribution >= 0.6 is 24.0 Å². The number of halogens is 1. The van der Waals surface area contributed by atoms with Gasteiger partial charge < -0.3 is 20.3 Å². The lowest BCUT2D eigenvalue weighted by molar-refractivity contribution is -0.128. The lowest BCUT2D eigenvalue weighted by atomic mass is 10.1. The fourth-order valence-electron chi connectivity index (χ4n) is 3.15. The maximum absolute atomic E-state index is 11.9. The van der Waals surface area contributed by atoms with E-state index in [1.807, 2.05) is 17.0 Å². The molecule has 1 heterocycles. The van der Waals surface area contributed by atoms with Crippen LogP contribution in [-0.2, 0) is 22.6 Å². The van der Waals surface area contributed by atoms with Crippen LogP contribution < -0.4 is 10.6 Å². The minimum atomic E-state index is 0. The van der Waals surface area contributed by atoms with Crippen molar-refractivity contribution in [2.75, 3.05) is 32.8 Å². The van der Waals surface area contributed by atoms with Crippen molar-refractivity contribution in [1.29, 1.82) is 0 Å². The van der Waals surface area contributed by atoms with Crippen LogP contribution in [0.25, 0.3) is 0 Å². The molecule has 0 bridgehead atoms. The number of hydrogen-bond donors (Lipinski definition) is 2. The summed E-state index contributed by atoms with van der Waals surface area (Å²) in [6.45, 7) is 11.7. The molecule has 29 heavy (non-hydrogen) atoms. The Morgan fingerprint density at radius 2 is 2.00 bits per heavy atom. The molecule has 7 heteroatoms. The van der Waals surface area contributed by atoms with Crippen LogP contribution in [0, 0.1) is 5.92 Å². The minimum Gasteiger partial charge on any atom is -0.381 e. The summed E-state index contributed by atoms with van der Waals surface area (Å²) in [5.41, 5.74) is 2.35. The van der Waals surface area contributed by atoms with Crippen molar-refractivity contribution in [2.45, 2.75) is 53.1 Å². The fourth-order valence-corrected chi connectivity index (χ4v) is 3.15. The number of aliphatic imine (C=N–C) groups is 1. The molecule has 164 valence electrons. The Kier molecular flexibility index (Phi) is 12.9. The first-order chi connectivity index (χ1) is 13.6. The monoisotopic (exact) mass is 516 g/mol. The number of guanidine groups is 1. The highest BCUT2D eigenvalue weighted by Crippen LogP contribution is 2.17. The summed E-state index contributed by atoms with van der Waals surface area (Å²) in [6.07, 6.45) is 2.59. The highest BCUT2D eigenvalue weighted by Gasteiger charge is 2.20. The van der Waals surface area contributed by atoms with Crippen LogP contribution in [0.2, 0.25) is 0 Å². The molecular weight excluding hydrogens is 479 g/mol. The van der Waals surface area contributed by atoms with Crippen molar-refractivity contribution in [3.63, 3.8) is 0 Å². The van der Waals surface area contributed by atoms with E-state index in [4.69, 9.17) is 9.73 Å². The summed E-state index contributed by atoms with van der Waals surface area (Å²) >= 11 is 0. The first-order valence-electron chi connectivity index (χ1n) is 10.5. The van der Waals surface area contributed by atoms with Gasteiger partial charge in [0.05, 0.1) is 6.54 Å². The number of carbonyl (C=O) groups excluding carboxylic acids is 1. The second kappa shape index (κ2) is 14.6. The van der Waals surface area contributed by atoms with Crippen LogP contribution in [0.1, 0.15) is 51.2 Å². The number of ether oxygens (including phenoxy) is 1. The predicted octanol–water partition coefficient (Wildman–Crippen LogP) is 3.54. The van der Waals surface area contributed by atoms with Crippen molar-refractivity contribution in [2.24, 2.45) is 10.9 Å². The van der Waals surface area contributed by atoms with E-state index in [0.717, 1.165) is 51.6 Å². The van der Waals surface area contributed by atoms with E-state index >= 15 is 0 Å². The van der Waals surface area contributed by atoms with E-state index in [-0.39, 0.29) is 29.9 Å². The van der Waals surface area contributed by atoms with Gasteiger partial charge in [0.25, 0.3) is 0 Å². The van der Waals surface area contributed by atoms with Gasteiger partial charge in [-0.15, -0.1) is 24.0 Å². The Morgan fingerprint density at radius 3 is 2.66 bits per heavy atom. The summed E-state index contributed by atoms with van der Waals surface area (Å²) in [5.74, 6) is 1.65. The molecule has 6 nitrogen and oxygen atoms in total. The number of rotatable bonds is 11. The van der Waals surface area contributed by atoms with Crippen LogP contribution in [0.4, 0.5) is 0 Å². The standard InChI is InChI=1S/C22H36N4O2.HI/c1-4-23-22(24-12-8-14-28-17-18(2)3)25-15-19-9-5-6-10-20(19)16-26-13-7-11-21(26)27;/h5-6,9-10,18H,4,7-8,11-17H2,1-3H3,(H2,23,24,25);1H. The van der Waals surface area contributed by atoms with Gasteiger partial charge in [-0.1, -0.05) is 38.1 Å². The third-order valence-corrected chi connectivity index (χ3v) is 4.61. The van der Waals surface area contributed by atoms with Gasteiger partial charge in [0.2, 0.25) is 5.91 Å². The summed E-state index contributed by atoms with van der Waals surface area (Å²) in [6, 6.07) is 8.27. The lowest BCUT2D eigenvalue weighted by Gasteiger charge is -2.18. The van der Waals surface area contributed by atoms with E-state index in [2.05, 4.69) is 43.5 Å². The molecule has 1 aliphatic heterocycles. The van der Waals surface area contributed by atoms with Crippen molar-refractivity contribution in [3.8, 4) is 0 Å². The third kappa shape index (κ3) is 9.80. The number of amides is 1. The zero-order chi connectivity index (χ0) is 20.2. The number of nitrogens with zero attached hydrogens (tertiary/aromatic N) is 2. The van der Waals surface area contributed by atoms with Gasteiger partial charge in [-0.3, -0.25) is 4.79 Å². The van der Waals surface area contributed by atoms with E-state index in [1.165, 1.54) is 11.1 Å². The van der Waals surface area contributed by atoms with Crippen LogP contribution in [0.5, 0.6) is 0 Å². The summed E-state index contributed by atoms with van der Waals surface area (Å²) in [7, 11) is 0. The van der Waals surface area contributed by atoms with Crippen molar-refractivity contribution in [1.82, 2.24) is 15.5 Å². The molecule has 0 radical (unpaired) electrons. The largest absolute Gasteiger partial charge is 0.381 e. The number of benzene rings is 1. The Bertz CT molecular complexity index is 637. The molecule has 1 saturated heterocycles. The van der Waals surface area contributed by atoms with Gasteiger partial charge in [0, 0.05) is 45.8 Å². The van der Waals surface area contributed by atoms with Crippen molar-refractivity contribution >= 4 is 35.8 Å². The normalized spacial score (nSPS) is 14.3. The zero-order valence-corrected chi connectivity index (χ0v) is 20.4. The highest BCUT2D eigenvalue weighted by molar-refractivity contribution is 14.0. The van der Waals surface area contributed by atoms with Crippen molar-refractivity contribution in [3.05, 3.63) is 35.4 Å². The first-order valence-corrected chi connectivity index (χ1v) is 10.5. The van der Waals surface area contributed by atoms with E-state index in [0.29, 0.717) is 25.4 Å². The number of carbonyl (C=O) groups is 1. The van der Waals surface area contributed by atoms with E-state index in [1.54, 1.807) is 0 Å². The van der Waals surface area contributed by atoms with Gasteiger partial charge in [-0.05, 0) is 36.8 Å². The molecule has 0 aliphatic carbocycles. The highest BCUT2D eigenvalue weighted by atomic mass is 127. The quantitative estimate of drug-likeness (QED) is 0.205. The van der Waals surface area contributed by atoms with Crippen LogP contribution in [0.15, 0.2) is 29.3 Å². The SMILES string of the molecule is CCNC(=NCc1ccccc1CN1CCCC1=O)NCCCOCC(C)C.I. The maximum Gasteiger partial charge on any atom is 0.222 e. The average Bonchev–Trinajstić information content (AvgIpc) is 3.08. The molecule has 0 aromatic heterocycles. The summed E-state index contributed by atoms with van der Waals surface area (Å²) in [5, 5.41) is 6.67. The molecular formula is C22H37IN4O2. The molecule has 0 atom stereocenters. The summed E-state index contributed by atoms with van der Waals surface area (Å²) in [4.78, 5) is 18.6. The predicted molar refractivity (Wildman–Crippen MR) is 130 cm³/mol. The Balaban J connectivity index is 0.00000420. The van der Waals surface area contributed by atoms with E-state index in [9.17, 15) is 4.79 Å². The second-order valence-electron chi connectivity index (χ2n) is 7.63. The molecule has 2 rings (SSSR count). The minimum absolute atomic E-state index is 0. The Labute approximate surface area is 192 Å². The van der Waals surface area contributed by atoms with Crippen LogP contribution in [-0.4, -0.2) is 49.6 Å². The molecule has 1 aromatic carbocycles. The molecule has 1 aliphatic rings. The fraction of sp³-hybridized carbons (Fsp3) is 0.636. The van der Waals surface area contributed by atoms with Gasteiger partial charge in [0.1, 0.15) is 0 Å².